The van der Waals surface area contributed by atoms with Gasteiger partial charge in [0, 0.05) is 6.20 Å². The molecule has 0 fully saturated rings. The molecule has 1 heterocycles. The summed E-state index contributed by atoms with van der Waals surface area (Å²) in [6.07, 6.45) is 2.69. The van der Waals surface area contributed by atoms with Crippen LogP contribution in [0.2, 0.25) is 5.02 Å². The van der Waals surface area contributed by atoms with E-state index < -0.39 is 11.6 Å². The van der Waals surface area contributed by atoms with Gasteiger partial charge in [0.15, 0.2) is 0 Å². The van der Waals surface area contributed by atoms with E-state index in [2.05, 4.69) is 10.3 Å². The van der Waals surface area contributed by atoms with E-state index in [4.69, 9.17) is 11.6 Å². The summed E-state index contributed by atoms with van der Waals surface area (Å²) in [7, 11) is 0. The van der Waals surface area contributed by atoms with Crippen molar-refractivity contribution in [2.45, 2.75) is 13.0 Å². The molecule has 2 rings (SSSR count). The van der Waals surface area contributed by atoms with Crippen LogP contribution in [0.25, 0.3) is 0 Å². The van der Waals surface area contributed by atoms with Crippen molar-refractivity contribution in [3.8, 4) is 0 Å². The molecular weight excluding hydrogens is 270 g/mol. The van der Waals surface area contributed by atoms with Gasteiger partial charge in [-0.25, -0.2) is 8.78 Å². The van der Waals surface area contributed by atoms with Crippen LogP contribution in [0, 0.1) is 11.6 Å². The Morgan fingerprint density at radius 1 is 1.21 bits per heavy atom. The molecule has 0 amide bonds. The van der Waals surface area contributed by atoms with E-state index in [1.54, 1.807) is 12.3 Å². The molecule has 1 unspecified atom stereocenters. The van der Waals surface area contributed by atoms with Gasteiger partial charge in [0.25, 0.3) is 0 Å². The van der Waals surface area contributed by atoms with Crippen molar-refractivity contribution in [3.05, 3.63) is 64.4 Å². The molecule has 19 heavy (non-hydrogen) atoms. The molecule has 5 heteroatoms. The minimum absolute atomic E-state index is 0.0661. The normalized spacial score (nSPS) is 12.4. The largest absolute Gasteiger partial charge is 0.306 e. The molecule has 2 nitrogen and oxygen atoms in total. The quantitative estimate of drug-likeness (QED) is 0.925. The SMILES string of the molecule is CCNC(c1cncc(F)c1)c1ccc(Cl)c(F)c1. The zero-order valence-corrected chi connectivity index (χ0v) is 11.1. The van der Waals surface area contributed by atoms with Gasteiger partial charge in [-0.1, -0.05) is 24.6 Å². The van der Waals surface area contributed by atoms with Crippen LogP contribution in [-0.4, -0.2) is 11.5 Å². The molecule has 100 valence electrons. The van der Waals surface area contributed by atoms with E-state index in [9.17, 15) is 8.78 Å². The van der Waals surface area contributed by atoms with Crippen LogP contribution in [0.4, 0.5) is 8.78 Å². The summed E-state index contributed by atoms with van der Waals surface area (Å²) in [6, 6.07) is 5.61. The second kappa shape index (κ2) is 6.08. The Morgan fingerprint density at radius 3 is 2.63 bits per heavy atom. The Balaban J connectivity index is 2.42. The number of rotatable bonds is 4. The fraction of sp³-hybridized carbons (Fsp3) is 0.214. The summed E-state index contributed by atoms with van der Waals surface area (Å²) in [6.45, 7) is 2.58. The molecule has 0 radical (unpaired) electrons. The summed E-state index contributed by atoms with van der Waals surface area (Å²) in [5.74, 6) is -0.915. The Hall–Kier alpha value is -1.52. The van der Waals surface area contributed by atoms with Crippen molar-refractivity contribution in [3.63, 3.8) is 0 Å². The maximum atomic E-state index is 13.5. The highest BCUT2D eigenvalue weighted by Gasteiger charge is 2.15. The first kappa shape index (κ1) is 13.9. The highest BCUT2D eigenvalue weighted by atomic mass is 35.5. The van der Waals surface area contributed by atoms with Gasteiger partial charge < -0.3 is 5.32 Å². The standard InChI is InChI=1S/C14H13ClF2N2/c1-2-19-14(10-5-11(16)8-18-7-10)9-3-4-12(15)13(17)6-9/h3-8,14,19H,2H2,1H3. The smallest absolute Gasteiger partial charge is 0.142 e. The van der Waals surface area contributed by atoms with E-state index in [0.717, 1.165) is 6.20 Å². The molecule has 1 aromatic heterocycles. The molecule has 0 saturated carbocycles. The summed E-state index contributed by atoms with van der Waals surface area (Å²) in [5.41, 5.74) is 1.32. The monoisotopic (exact) mass is 282 g/mol. The number of aromatic nitrogens is 1. The van der Waals surface area contributed by atoms with Gasteiger partial charge in [-0.05, 0) is 35.9 Å². The van der Waals surface area contributed by atoms with Crippen LogP contribution >= 0.6 is 11.6 Å². The fourth-order valence-electron chi connectivity index (χ4n) is 1.91. The number of hydrogen-bond acceptors (Lipinski definition) is 2. The third kappa shape index (κ3) is 3.28. The summed E-state index contributed by atoms with van der Waals surface area (Å²) < 4.78 is 26.8. The zero-order chi connectivity index (χ0) is 13.8. The van der Waals surface area contributed by atoms with Crippen LogP contribution in [-0.2, 0) is 0 Å². The lowest BCUT2D eigenvalue weighted by molar-refractivity contribution is 0.588. The van der Waals surface area contributed by atoms with E-state index >= 15 is 0 Å². The number of halogens is 3. The summed E-state index contributed by atoms with van der Waals surface area (Å²) in [5, 5.41) is 3.24. The van der Waals surface area contributed by atoms with Crippen LogP contribution in [0.3, 0.4) is 0 Å². The molecule has 1 N–H and O–H groups in total. The lowest BCUT2D eigenvalue weighted by Crippen LogP contribution is -2.22. The van der Waals surface area contributed by atoms with E-state index in [1.165, 1.54) is 18.2 Å². The molecule has 2 aromatic rings. The first-order valence-electron chi connectivity index (χ1n) is 5.90. The lowest BCUT2D eigenvalue weighted by atomic mass is 10.00. The third-order valence-electron chi connectivity index (χ3n) is 2.74. The predicted molar refractivity (Wildman–Crippen MR) is 71.1 cm³/mol. The molecule has 0 spiro atoms. The molecular formula is C14H13ClF2N2. The first-order valence-corrected chi connectivity index (χ1v) is 6.28. The topological polar surface area (TPSA) is 24.9 Å². The summed E-state index contributed by atoms with van der Waals surface area (Å²) >= 11 is 5.67. The van der Waals surface area contributed by atoms with Gasteiger partial charge in [-0.3, -0.25) is 4.98 Å². The number of nitrogens with zero attached hydrogens (tertiary/aromatic N) is 1. The van der Waals surface area contributed by atoms with Gasteiger partial charge in [0.05, 0.1) is 17.3 Å². The van der Waals surface area contributed by atoms with Crippen molar-refractivity contribution in [2.24, 2.45) is 0 Å². The van der Waals surface area contributed by atoms with Crippen molar-refractivity contribution in [1.29, 1.82) is 0 Å². The van der Waals surface area contributed by atoms with E-state index in [1.807, 2.05) is 6.92 Å². The van der Waals surface area contributed by atoms with Crippen LogP contribution < -0.4 is 5.32 Å². The molecule has 0 aliphatic heterocycles. The van der Waals surface area contributed by atoms with Gasteiger partial charge in [0.1, 0.15) is 11.6 Å². The maximum absolute atomic E-state index is 13.5. The molecule has 0 aliphatic rings. The highest BCUT2D eigenvalue weighted by molar-refractivity contribution is 6.30. The van der Waals surface area contributed by atoms with Crippen molar-refractivity contribution in [2.75, 3.05) is 6.54 Å². The number of hydrogen-bond donors (Lipinski definition) is 1. The van der Waals surface area contributed by atoms with Gasteiger partial charge in [-0.15, -0.1) is 0 Å². The van der Waals surface area contributed by atoms with Crippen LogP contribution in [0.1, 0.15) is 24.1 Å². The third-order valence-corrected chi connectivity index (χ3v) is 3.05. The second-order valence-corrected chi connectivity index (χ2v) is 4.51. The van der Waals surface area contributed by atoms with Crippen molar-refractivity contribution in [1.82, 2.24) is 10.3 Å². The Kier molecular flexibility index (Phi) is 4.45. The van der Waals surface area contributed by atoms with Crippen LogP contribution in [0.5, 0.6) is 0 Å². The Morgan fingerprint density at radius 2 is 2.00 bits per heavy atom. The molecule has 0 aliphatic carbocycles. The number of nitrogens with one attached hydrogen (secondary N) is 1. The van der Waals surface area contributed by atoms with Crippen molar-refractivity contribution < 1.29 is 8.78 Å². The minimum atomic E-state index is -0.494. The highest BCUT2D eigenvalue weighted by Crippen LogP contribution is 2.25. The van der Waals surface area contributed by atoms with Gasteiger partial charge in [0.2, 0.25) is 0 Å². The molecule has 0 bridgehead atoms. The molecule has 0 saturated heterocycles. The van der Waals surface area contributed by atoms with Gasteiger partial charge in [-0.2, -0.15) is 0 Å². The maximum Gasteiger partial charge on any atom is 0.142 e. The fourth-order valence-corrected chi connectivity index (χ4v) is 2.03. The molecule has 1 aromatic carbocycles. The number of benzene rings is 1. The van der Waals surface area contributed by atoms with Gasteiger partial charge >= 0.3 is 0 Å². The Labute approximate surface area is 115 Å². The average Bonchev–Trinajstić information content (AvgIpc) is 2.39. The predicted octanol–water partition coefficient (Wildman–Crippen LogP) is 3.71. The van der Waals surface area contributed by atoms with E-state index in [-0.39, 0.29) is 11.1 Å². The second-order valence-electron chi connectivity index (χ2n) is 4.10. The zero-order valence-electron chi connectivity index (χ0n) is 10.3. The minimum Gasteiger partial charge on any atom is -0.306 e. The van der Waals surface area contributed by atoms with Crippen LogP contribution in [0.15, 0.2) is 36.7 Å². The lowest BCUT2D eigenvalue weighted by Gasteiger charge is -2.19. The van der Waals surface area contributed by atoms with Crippen molar-refractivity contribution >= 4 is 11.6 Å². The number of pyridine rings is 1. The van der Waals surface area contributed by atoms with E-state index in [0.29, 0.717) is 17.7 Å². The molecule has 1 atom stereocenters. The average molecular weight is 283 g/mol. The summed E-state index contributed by atoms with van der Waals surface area (Å²) in [4.78, 5) is 3.82. The Bertz CT molecular complexity index is 575. The first-order chi connectivity index (χ1) is 9.11.